The summed E-state index contributed by atoms with van der Waals surface area (Å²) in [5, 5.41) is 0.480. The summed E-state index contributed by atoms with van der Waals surface area (Å²) in [5.41, 5.74) is 0.710. The van der Waals surface area contributed by atoms with E-state index in [1.807, 2.05) is 0 Å². The molecule has 1 aromatic rings. The maximum Gasteiger partial charge on any atom is 0.211 e. The van der Waals surface area contributed by atoms with E-state index in [-0.39, 0.29) is 11.5 Å². The Morgan fingerprint density at radius 2 is 2.19 bits per heavy atom. The summed E-state index contributed by atoms with van der Waals surface area (Å²) in [6, 6.07) is 4.96. The molecule has 0 atom stereocenters. The summed E-state index contributed by atoms with van der Waals surface area (Å²) >= 11 is 9.15. The topological polar surface area (TPSA) is 29.4 Å². The number of aliphatic imine (C=N–C) groups is 1. The molecule has 0 heterocycles. The van der Waals surface area contributed by atoms with Crippen molar-refractivity contribution in [1.29, 1.82) is 0 Å². The standard InChI is InChI=1S/C12H9BrClNO/c1-3-4-11(15-2)12(16)8-5-6-9(13)10(14)7-8/h3-7H,1-2H2/b11-4-. The van der Waals surface area contributed by atoms with Gasteiger partial charge in [0.15, 0.2) is 0 Å². The molecule has 0 saturated carbocycles. The molecule has 0 radical (unpaired) electrons. The summed E-state index contributed by atoms with van der Waals surface area (Å²) in [5.74, 6) is -0.232. The van der Waals surface area contributed by atoms with E-state index in [1.54, 1.807) is 18.2 Å². The van der Waals surface area contributed by atoms with Gasteiger partial charge in [0.2, 0.25) is 5.78 Å². The second-order valence-corrected chi connectivity index (χ2v) is 4.17. The van der Waals surface area contributed by atoms with Crippen LogP contribution in [0.25, 0.3) is 0 Å². The van der Waals surface area contributed by atoms with Gasteiger partial charge in [0, 0.05) is 10.0 Å². The molecule has 0 aromatic heterocycles. The van der Waals surface area contributed by atoms with Crippen LogP contribution >= 0.6 is 27.5 Å². The minimum Gasteiger partial charge on any atom is -0.287 e. The first-order chi connectivity index (χ1) is 7.60. The Morgan fingerprint density at radius 1 is 1.50 bits per heavy atom. The second kappa shape index (κ2) is 5.77. The number of nitrogens with zero attached hydrogens (tertiary/aromatic N) is 1. The molecule has 0 fully saturated rings. The number of ketones is 1. The van der Waals surface area contributed by atoms with E-state index in [1.165, 1.54) is 12.2 Å². The number of allylic oxidation sites excluding steroid dienone is 3. The molecular formula is C12H9BrClNO. The van der Waals surface area contributed by atoms with Gasteiger partial charge in [0.25, 0.3) is 0 Å². The van der Waals surface area contributed by atoms with Crippen LogP contribution in [-0.2, 0) is 0 Å². The van der Waals surface area contributed by atoms with Crippen molar-refractivity contribution in [3.05, 3.63) is 57.7 Å². The number of Topliss-reactive ketones (excluding diaryl/α,β-unsaturated/α-hetero) is 1. The largest absolute Gasteiger partial charge is 0.287 e. The highest BCUT2D eigenvalue weighted by atomic mass is 79.9. The molecule has 0 saturated heterocycles. The van der Waals surface area contributed by atoms with Gasteiger partial charge in [0.1, 0.15) is 5.70 Å². The monoisotopic (exact) mass is 297 g/mol. The number of hydrogen-bond acceptors (Lipinski definition) is 2. The van der Waals surface area contributed by atoms with E-state index in [9.17, 15) is 4.79 Å². The minimum atomic E-state index is -0.232. The normalized spacial score (nSPS) is 11.0. The fraction of sp³-hybridized carbons (Fsp3) is 0. The predicted octanol–water partition coefficient (Wildman–Crippen LogP) is 4.06. The summed E-state index contributed by atoms with van der Waals surface area (Å²) in [4.78, 5) is 15.5. The third-order valence-electron chi connectivity index (χ3n) is 1.86. The molecule has 0 amide bonds. The van der Waals surface area contributed by atoms with Gasteiger partial charge in [-0.3, -0.25) is 9.79 Å². The Balaban J connectivity index is 3.14. The Kier molecular flexibility index (Phi) is 4.65. The molecule has 0 bridgehead atoms. The van der Waals surface area contributed by atoms with Gasteiger partial charge in [-0.2, -0.15) is 0 Å². The number of halogens is 2. The van der Waals surface area contributed by atoms with E-state index in [0.29, 0.717) is 10.6 Å². The Bertz CT molecular complexity index is 480. The van der Waals surface area contributed by atoms with Crippen molar-refractivity contribution in [2.75, 3.05) is 0 Å². The molecular weight excluding hydrogens is 289 g/mol. The van der Waals surface area contributed by atoms with Gasteiger partial charge in [-0.1, -0.05) is 24.3 Å². The summed E-state index contributed by atoms with van der Waals surface area (Å²) in [7, 11) is 0. The Hall–Kier alpha value is -1.19. The van der Waals surface area contributed by atoms with Crippen LogP contribution in [-0.4, -0.2) is 12.5 Å². The zero-order valence-corrected chi connectivity index (χ0v) is 10.8. The highest BCUT2D eigenvalue weighted by Crippen LogP contribution is 2.24. The zero-order chi connectivity index (χ0) is 12.1. The van der Waals surface area contributed by atoms with Crippen molar-refractivity contribution in [3.8, 4) is 0 Å². The molecule has 0 N–H and O–H groups in total. The molecule has 4 heteroatoms. The molecule has 0 unspecified atom stereocenters. The van der Waals surface area contributed by atoms with Gasteiger partial charge in [-0.15, -0.1) is 0 Å². The molecule has 16 heavy (non-hydrogen) atoms. The van der Waals surface area contributed by atoms with Gasteiger partial charge >= 0.3 is 0 Å². The van der Waals surface area contributed by atoms with Gasteiger partial charge in [-0.05, 0) is 46.9 Å². The quantitative estimate of drug-likeness (QED) is 0.357. The van der Waals surface area contributed by atoms with Crippen molar-refractivity contribution in [2.45, 2.75) is 0 Å². The number of carbonyl (C=O) groups excluding carboxylic acids is 1. The smallest absolute Gasteiger partial charge is 0.211 e. The molecule has 2 nitrogen and oxygen atoms in total. The van der Waals surface area contributed by atoms with E-state index < -0.39 is 0 Å². The van der Waals surface area contributed by atoms with Crippen molar-refractivity contribution < 1.29 is 4.79 Å². The highest BCUT2D eigenvalue weighted by molar-refractivity contribution is 9.10. The van der Waals surface area contributed by atoms with E-state index in [2.05, 4.69) is 34.2 Å². The average Bonchev–Trinajstić information content (AvgIpc) is 2.28. The van der Waals surface area contributed by atoms with Gasteiger partial charge in [-0.25, -0.2) is 0 Å². The second-order valence-electron chi connectivity index (χ2n) is 2.90. The van der Waals surface area contributed by atoms with Crippen molar-refractivity contribution in [1.82, 2.24) is 0 Å². The van der Waals surface area contributed by atoms with Crippen molar-refractivity contribution in [2.24, 2.45) is 4.99 Å². The Labute approximate surface area is 107 Å². The highest BCUT2D eigenvalue weighted by Gasteiger charge is 2.11. The van der Waals surface area contributed by atoms with Crippen LogP contribution in [0.15, 0.2) is 52.1 Å². The zero-order valence-electron chi connectivity index (χ0n) is 8.41. The SMILES string of the molecule is C=C/C=C(\N=C)C(=O)c1ccc(Br)c(Cl)c1. The molecule has 0 aliphatic carbocycles. The summed E-state index contributed by atoms with van der Waals surface area (Å²) in [6.07, 6.45) is 2.99. The molecule has 1 aromatic carbocycles. The van der Waals surface area contributed by atoms with Crippen LogP contribution in [0.1, 0.15) is 10.4 Å². The lowest BCUT2D eigenvalue weighted by Gasteiger charge is -2.02. The van der Waals surface area contributed by atoms with E-state index >= 15 is 0 Å². The Morgan fingerprint density at radius 3 is 2.69 bits per heavy atom. The number of benzene rings is 1. The molecule has 0 aliphatic rings. The third kappa shape index (κ3) is 2.90. The van der Waals surface area contributed by atoms with Crippen molar-refractivity contribution in [3.63, 3.8) is 0 Å². The van der Waals surface area contributed by atoms with Crippen LogP contribution in [0.4, 0.5) is 0 Å². The first kappa shape index (κ1) is 12.9. The van der Waals surface area contributed by atoms with Crippen LogP contribution in [0.2, 0.25) is 5.02 Å². The van der Waals surface area contributed by atoms with Crippen LogP contribution < -0.4 is 0 Å². The lowest BCUT2D eigenvalue weighted by molar-refractivity contribution is 0.103. The lowest BCUT2D eigenvalue weighted by atomic mass is 10.1. The number of rotatable bonds is 4. The fourth-order valence-electron chi connectivity index (χ4n) is 1.10. The van der Waals surface area contributed by atoms with E-state index in [0.717, 1.165) is 4.47 Å². The molecule has 1 rings (SSSR count). The predicted molar refractivity (Wildman–Crippen MR) is 71.3 cm³/mol. The van der Waals surface area contributed by atoms with Crippen LogP contribution in [0.5, 0.6) is 0 Å². The molecule has 0 spiro atoms. The van der Waals surface area contributed by atoms with Crippen molar-refractivity contribution >= 4 is 40.0 Å². The number of carbonyl (C=O) groups is 1. The maximum atomic E-state index is 11.9. The minimum absolute atomic E-state index is 0.232. The van der Waals surface area contributed by atoms with Gasteiger partial charge in [0.05, 0.1) is 5.02 Å². The van der Waals surface area contributed by atoms with Gasteiger partial charge < -0.3 is 0 Å². The first-order valence-corrected chi connectivity index (χ1v) is 5.56. The average molecular weight is 299 g/mol. The molecule has 0 aliphatic heterocycles. The molecule has 82 valence electrons. The number of hydrogen-bond donors (Lipinski definition) is 0. The lowest BCUT2D eigenvalue weighted by Crippen LogP contribution is -2.01. The summed E-state index contributed by atoms with van der Waals surface area (Å²) in [6.45, 7) is 6.84. The van der Waals surface area contributed by atoms with E-state index in [4.69, 9.17) is 11.6 Å². The van der Waals surface area contributed by atoms with Crippen LogP contribution in [0, 0.1) is 0 Å². The summed E-state index contributed by atoms with van der Waals surface area (Å²) < 4.78 is 0.742. The fourth-order valence-corrected chi connectivity index (χ4v) is 1.52. The first-order valence-electron chi connectivity index (χ1n) is 4.39. The van der Waals surface area contributed by atoms with Crippen LogP contribution in [0.3, 0.4) is 0 Å². The maximum absolute atomic E-state index is 11.9. The third-order valence-corrected chi connectivity index (χ3v) is 3.09.